The number of fused-ring (bicyclic) bond motifs is 1. The van der Waals surface area contributed by atoms with Crippen LogP contribution in [0.3, 0.4) is 0 Å². The lowest BCUT2D eigenvalue weighted by Crippen LogP contribution is -2.23. The molecule has 54 valence electrons. The van der Waals surface area contributed by atoms with E-state index in [1.807, 2.05) is 6.07 Å². The number of hydrogen-bond donors (Lipinski definition) is 0. The van der Waals surface area contributed by atoms with E-state index in [0.29, 0.717) is 0 Å². The van der Waals surface area contributed by atoms with E-state index in [9.17, 15) is 5.21 Å². The smallest absolute Gasteiger partial charge is 0.188 e. The Labute approximate surface area is 63.5 Å². The van der Waals surface area contributed by atoms with Crippen LogP contribution in [0.4, 0.5) is 0 Å². The summed E-state index contributed by atoms with van der Waals surface area (Å²) in [4.78, 5) is 3.93. The molecule has 0 fully saturated rings. The van der Waals surface area contributed by atoms with E-state index in [2.05, 4.69) is 4.98 Å². The van der Waals surface area contributed by atoms with Crippen molar-refractivity contribution in [3.63, 3.8) is 0 Å². The van der Waals surface area contributed by atoms with E-state index >= 15 is 0 Å². The summed E-state index contributed by atoms with van der Waals surface area (Å²) in [6, 6.07) is 3.55. The monoisotopic (exact) mass is 146 g/mol. The summed E-state index contributed by atoms with van der Waals surface area (Å²) in [6.45, 7) is 0. The summed E-state index contributed by atoms with van der Waals surface area (Å²) in [5, 5.41) is 12.7. The highest BCUT2D eigenvalue weighted by atomic mass is 16.5. The fourth-order valence-electron chi connectivity index (χ4n) is 1.01. The first kappa shape index (κ1) is 6.09. The molecule has 2 heterocycles. The maximum Gasteiger partial charge on any atom is 0.188 e. The van der Waals surface area contributed by atoms with E-state index in [1.54, 1.807) is 18.5 Å². The highest BCUT2D eigenvalue weighted by molar-refractivity contribution is 5.79. The first-order valence-corrected chi connectivity index (χ1v) is 3.29. The molecule has 0 saturated heterocycles. The normalized spacial score (nSPS) is 10.2. The van der Waals surface area contributed by atoms with Crippen molar-refractivity contribution in [1.82, 2.24) is 4.98 Å². The molecule has 0 spiro atoms. The second-order valence-corrected chi connectivity index (χ2v) is 2.31. The van der Waals surface area contributed by atoms with Gasteiger partial charge in [0.15, 0.2) is 12.4 Å². The van der Waals surface area contributed by atoms with Crippen molar-refractivity contribution in [2.24, 2.45) is 0 Å². The van der Waals surface area contributed by atoms with Crippen molar-refractivity contribution < 1.29 is 4.73 Å². The van der Waals surface area contributed by atoms with E-state index < -0.39 is 0 Å². The van der Waals surface area contributed by atoms with Crippen LogP contribution in [-0.2, 0) is 0 Å². The van der Waals surface area contributed by atoms with E-state index in [0.717, 1.165) is 15.5 Å². The van der Waals surface area contributed by atoms with E-state index in [-0.39, 0.29) is 0 Å². The second-order valence-electron chi connectivity index (χ2n) is 2.31. The van der Waals surface area contributed by atoms with Gasteiger partial charge >= 0.3 is 0 Å². The van der Waals surface area contributed by atoms with Gasteiger partial charge in [0, 0.05) is 23.8 Å². The Hall–Kier alpha value is -1.64. The molecule has 0 aromatic carbocycles. The number of rotatable bonds is 0. The summed E-state index contributed by atoms with van der Waals surface area (Å²) in [5.74, 6) is 0. The molecule has 3 nitrogen and oxygen atoms in total. The van der Waals surface area contributed by atoms with Crippen molar-refractivity contribution in [1.29, 1.82) is 0 Å². The molecular formula is C8H6N2O. The van der Waals surface area contributed by atoms with Gasteiger partial charge in [-0.3, -0.25) is 4.98 Å². The first-order valence-electron chi connectivity index (χ1n) is 3.29. The van der Waals surface area contributed by atoms with E-state index in [4.69, 9.17) is 0 Å². The van der Waals surface area contributed by atoms with Crippen molar-refractivity contribution in [3.05, 3.63) is 42.1 Å². The molecule has 0 radical (unpaired) electrons. The molecule has 0 aliphatic carbocycles. The van der Waals surface area contributed by atoms with Gasteiger partial charge in [-0.05, 0) is 6.07 Å². The highest BCUT2D eigenvalue weighted by Gasteiger charge is 1.94. The lowest BCUT2D eigenvalue weighted by molar-refractivity contribution is -0.603. The Bertz CT molecular complexity index is 387. The van der Waals surface area contributed by atoms with Crippen LogP contribution in [0.25, 0.3) is 10.8 Å². The van der Waals surface area contributed by atoms with Crippen LogP contribution in [0.2, 0.25) is 0 Å². The molecule has 0 aliphatic heterocycles. The van der Waals surface area contributed by atoms with Gasteiger partial charge in [0.1, 0.15) is 0 Å². The van der Waals surface area contributed by atoms with Gasteiger partial charge in [-0.25, -0.2) is 0 Å². The van der Waals surface area contributed by atoms with Crippen LogP contribution < -0.4 is 4.73 Å². The molecule has 0 aliphatic rings. The minimum absolute atomic E-state index is 0.780. The third-order valence-electron chi connectivity index (χ3n) is 1.55. The second kappa shape index (κ2) is 2.20. The van der Waals surface area contributed by atoms with Gasteiger partial charge < -0.3 is 5.21 Å². The Balaban J connectivity index is 2.83. The number of aromatic nitrogens is 2. The summed E-state index contributed by atoms with van der Waals surface area (Å²) in [6.07, 6.45) is 6.39. The zero-order valence-corrected chi connectivity index (χ0v) is 5.77. The lowest BCUT2D eigenvalue weighted by atomic mass is 10.2. The Morgan fingerprint density at radius 2 is 2.18 bits per heavy atom. The van der Waals surface area contributed by atoms with Crippen LogP contribution >= 0.6 is 0 Å². The molecule has 2 aromatic rings. The average Bonchev–Trinajstić information content (AvgIpc) is 2.04. The number of pyridine rings is 2. The van der Waals surface area contributed by atoms with Crippen LogP contribution in [-0.4, -0.2) is 4.98 Å². The molecule has 3 heteroatoms. The molecule has 2 aromatic heterocycles. The Kier molecular flexibility index (Phi) is 1.22. The molecule has 11 heavy (non-hydrogen) atoms. The van der Waals surface area contributed by atoms with Crippen LogP contribution in [0.5, 0.6) is 0 Å². The fraction of sp³-hybridized carbons (Fsp3) is 0. The van der Waals surface area contributed by atoms with Crippen LogP contribution in [0, 0.1) is 5.21 Å². The quantitative estimate of drug-likeness (QED) is 0.408. The fourth-order valence-corrected chi connectivity index (χ4v) is 1.01. The van der Waals surface area contributed by atoms with E-state index in [1.165, 1.54) is 12.4 Å². The molecule has 0 amide bonds. The SMILES string of the molecule is [O-][n+]1ccc2cnccc2c1. The lowest BCUT2D eigenvalue weighted by Gasteiger charge is -1.96. The predicted octanol–water partition coefficient (Wildman–Crippen LogP) is 0.868. The summed E-state index contributed by atoms with van der Waals surface area (Å²) in [5.41, 5.74) is 0. The van der Waals surface area contributed by atoms with Gasteiger partial charge in [0.05, 0.1) is 5.39 Å². The summed E-state index contributed by atoms with van der Waals surface area (Å²) < 4.78 is 0.780. The van der Waals surface area contributed by atoms with Crippen molar-refractivity contribution in [2.75, 3.05) is 0 Å². The van der Waals surface area contributed by atoms with Crippen LogP contribution in [0.15, 0.2) is 36.9 Å². The predicted molar refractivity (Wildman–Crippen MR) is 40.7 cm³/mol. The zero-order valence-electron chi connectivity index (χ0n) is 5.77. The number of hydrogen-bond acceptors (Lipinski definition) is 2. The maximum atomic E-state index is 10.8. The van der Waals surface area contributed by atoms with Gasteiger partial charge in [0.25, 0.3) is 0 Å². The zero-order chi connectivity index (χ0) is 7.68. The summed E-state index contributed by atoms with van der Waals surface area (Å²) in [7, 11) is 0. The van der Waals surface area contributed by atoms with Gasteiger partial charge in [-0.1, -0.05) is 0 Å². The van der Waals surface area contributed by atoms with Crippen molar-refractivity contribution in [3.8, 4) is 0 Å². The van der Waals surface area contributed by atoms with Gasteiger partial charge in [-0.2, -0.15) is 4.73 Å². The minimum atomic E-state index is 0.780. The average molecular weight is 146 g/mol. The Morgan fingerprint density at radius 1 is 1.27 bits per heavy atom. The molecule has 0 atom stereocenters. The third kappa shape index (κ3) is 1.00. The molecule has 2 rings (SSSR count). The molecule has 0 N–H and O–H groups in total. The number of nitrogens with zero attached hydrogens (tertiary/aromatic N) is 2. The van der Waals surface area contributed by atoms with Crippen LogP contribution in [0.1, 0.15) is 0 Å². The first-order chi connectivity index (χ1) is 5.36. The minimum Gasteiger partial charge on any atom is -0.619 e. The standard InChI is InChI=1S/C8H6N2O/c11-10-4-2-7-5-9-3-1-8(7)6-10/h1-6H. The Morgan fingerprint density at radius 3 is 3.09 bits per heavy atom. The van der Waals surface area contributed by atoms with Crippen molar-refractivity contribution >= 4 is 10.8 Å². The summed E-state index contributed by atoms with van der Waals surface area (Å²) >= 11 is 0. The molecular weight excluding hydrogens is 140 g/mol. The van der Waals surface area contributed by atoms with Gasteiger partial charge in [0.2, 0.25) is 0 Å². The van der Waals surface area contributed by atoms with Crippen molar-refractivity contribution in [2.45, 2.75) is 0 Å². The molecule has 0 saturated carbocycles. The molecule has 0 unspecified atom stereocenters. The topological polar surface area (TPSA) is 39.8 Å². The third-order valence-corrected chi connectivity index (χ3v) is 1.55. The highest BCUT2D eigenvalue weighted by Crippen LogP contribution is 2.06. The maximum absolute atomic E-state index is 10.8. The largest absolute Gasteiger partial charge is 0.619 e. The molecule has 0 bridgehead atoms. The van der Waals surface area contributed by atoms with Gasteiger partial charge in [-0.15, -0.1) is 0 Å².